The second-order valence-electron chi connectivity index (χ2n) is 7.11. The van der Waals surface area contributed by atoms with Gasteiger partial charge in [0.05, 0.1) is 24.5 Å². The van der Waals surface area contributed by atoms with E-state index in [1.807, 2.05) is 17.0 Å². The van der Waals surface area contributed by atoms with Crippen LogP contribution in [0.5, 0.6) is 5.19 Å². The monoisotopic (exact) mass is 488 g/mol. The van der Waals surface area contributed by atoms with Crippen LogP contribution in [0.3, 0.4) is 0 Å². The van der Waals surface area contributed by atoms with Gasteiger partial charge in [-0.05, 0) is 29.0 Å². The van der Waals surface area contributed by atoms with E-state index < -0.39 is 5.91 Å². The van der Waals surface area contributed by atoms with Crippen molar-refractivity contribution in [3.8, 4) is 5.19 Å². The molecule has 2 amide bonds. The summed E-state index contributed by atoms with van der Waals surface area (Å²) < 4.78 is 11.1. The standard InChI is InChI=1S/C21H21ClN6O4S/c1-13(29)24-18-10-17(28-6-8-31-9-7-28)16(11-23-18)19(30)25-20-26-27-21(33-20)32-12-14-2-4-15(22)5-3-14/h2-5,10-11H,6-9,12H2,1H3,(H,23,24,29)(H,25,26,30). The Morgan fingerprint density at radius 3 is 2.67 bits per heavy atom. The molecule has 1 aromatic carbocycles. The normalized spacial score (nSPS) is 13.5. The highest BCUT2D eigenvalue weighted by Crippen LogP contribution is 2.28. The van der Waals surface area contributed by atoms with Crippen molar-refractivity contribution >= 4 is 51.4 Å². The van der Waals surface area contributed by atoms with Crippen molar-refractivity contribution in [2.45, 2.75) is 13.5 Å². The van der Waals surface area contributed by atoms with Crippen LogP contribution in [-0.4, -0.2) is 53.3 Å². The molecule has 3 heterocycles. The number of hydrogen-bond acceptors (Lipinski definition) is 9. The van der Waals surface area contributed by atoms with E-state index in [-0.39, 0.29) is 5.91 Å². The molecule has 1 aliphatic rings. The van der Waals surface area contributed by atoms with Crippen LogP contribution in [-0.2, 0) is 16.1 Å². The molecule has 0 atom stereocenters. The Hall–Kier alpha value is -3.28. The van der Waals surface area contributed by atoms with Gasteiger partial charge in [0.2, 0.25) is 11.0 Å². The molecule has 1 fully saturated rings. The molecule has 2 aromatic heterocycles. The van der Waals surface area contributed by atoms with E-state index >= 15 is 0 Å². The lowest BCUT2D eigenvalue weighted by Gasteiger charge is -2.30. The number of benzene rings is 1. The summed E-state index contributed by atoms with van der Waals surface area (Å²) in [6, 6.07) is 8.96. The number of rotatable bonds is 7. The van der Waals surface area contributed by atoms with Crippen molar-refractivity contribution in [3.63, 3.8) is 0 Å². The van der Waals surface area contributed by atoms with E-state index in [1.54, 1.807) is 18.2 Å². The average Bonchev–Trinajstić information content (AvgIpc) is 3.26. The number of hydrogen-bond donors (Lipinski definition) is 2. The van der Waals surface area contributed by atoms with Gasteiger partial charge in [0.15, 0.2) is 0 Å². The van der Waals surface area contributed by atoms with Gasteiger partial charge in [-0.1, -0.05) is 28.8 Å². The minimum atomic E-state index is -0.390. The van der Waals surface area contributed by atoms with Gasteiger partial charge >= 0.3 is 0 Å². The first-order valence-electron chi connectivity index (χ1n) is 10.1. The van der Waals surface area contributed by atoms with Crippen molar-refractivity contribution in [2.24, 2.45) is 0 Å². The Kier molecular flexibility index (Phi) is 7.33. The van der Waals surface area contributed by atoms with E-state index in [2.05, 4.69) is 25.8 Å². The molecule has 33 heavy (non-hydrogen) atoms. The molecule has 1 saturated heterocycles. The first kappa shape index (κ1) is 22.9. The van der Waals surface area contributed by atoms with Crippen LogP contribution in [0.1, 0.15) is 22.8 Å². The van der Waals surface area contributed by atoms with Crippen molar-refractivity contribution in [1.29, 1.82) is 0 Å². The highest BCUT2D eigenvalue weighted by molar-refractivity contribution is 7.17. The predicted molar refractivity (Wildman–Crippen MR) is 125 cm³/mol. The lowest BCUT2D eigenvalue weighted by molar-refractivity contribution is -0.114. The van der Waals surface area contributed by atoms with Crippen molar-refractivity contribution in [3.05, 3.63) is 52.7 Å². The van der Waals surface area contributed by atoms with Gasteiger partial charge in [-0.25, -0.2) is 4.98 Å². The minimum absolute atomic E-state index is 0.243. The zero-order chi connectivity index (χ0) is 23.2. The second kappa shape index (κ2) is 10.6. The van der Waals surface area contributed by atoms with Crippen LogP contribution in [0.2, 0.25) is 5.02 Å². The van der Waals surface area contributed by atoms with Crippen LogP contribution in [0, 0.1) is 0 Å². The molecule has 10 nitrogen and oxygen atoms in total. The van der Waals surface area contributed by atoms with Crippen molar-refractivity contribution in [1.82, 2.24) is 15.2 Å². The summed E-state index contributed by atoms with van der Waals surface area (Å²) in [5, 5.41) is 14.6. The molecule has 12 heteroatoms. The van der Waals surface area contributed by atoms with E-state index in [4.69, 9.17) is 21.1 Å². The molecule has 0 aliphatic carbocycles. The molecule has 1 aliphatic heterocycles. The fraction of sp³-hybridized carbons (Fsp3) is 0.286. The van der Waals surface area contributed by atoms with Gasteiger partial charge in [-0.3, -0.25) is 14.9 Å². The summed E-state index contributed by atoms with van der Waals surface area (Å²) in [4.78, 5) is 30.7. The van der Waals surface area contributed by atoms with Gasteiger partial charge in [0.1, 0.15) is 12.4 Å². The highest BCUT2D eigenvalue weighted by atomic mass is 35.5. The molecule has 0 bridgehead atoms. The number of carbonyl (C=O) groups excluding carboxylic acids is 2. The van der Waals surface area contributed by atoms with E-state index in [0.29, 0.717) is 65.3 Å². The number of anilines is 3. The zero-order valence-electron chi connectivity index (χ0n) is 17.7. The number of ether oxygens (including phenoxy) is 2. The number of amides is 2. The Morgan fingerprint density at radius 1 is 1.18 bits per heavy atom. The van der Waals surface area contributed by atoms with Crippen LogP contribution in [0.25, 0.3) is 0 Å². The lowest BCUT2D eigenvalue weighted by Crippen LogP contribution is -2.37. The average molecular weight is 489 g/mol. The van der Waals surface area contributed by atoms with E-state index in [9.17, 15) is 9.59 Å². The molecule has 4 rings (SSSR count). The SMILES string of the molecule is CC(=O)Nc1cc(N2CCOCC2)c(C(=O)Nc2nnc(OCc3ccc(Cl)cc3)s2)cn1. The highest BCUT2D eigenvalue weighted by Gasteiger charge is 2.21. The minimum Gasteiger partial charge on any atom is -0.464 e. The molecular weight excluding hydrogens is 468 g/mol. The lowest BCUT2D eigenvalue weighted by atomic mass is 10.2. The number of pyridine rings is 1. The third-order valence-corrected chi connectivity index (χ3v) is 5.69. The molecule has 2 N–H and O–H groups in total. The van der Waals surface area contributed by atoms with Crippen LogP contribution in [0.15, 0.2) is 36.5 Å². The molecule has 0 radical (unpaired) electrons. The van der Waals surface area contributed by atoms with Crippen molar-refractivity contribution < 1.29 is 19.1 Å². The van der Waals surface area contributed by atoms with Gasteiger partial charge in [-0.2, -0.15) is 0 Å². The summed E-state index contributed by atoms with van der Waals surface area (Å²) in [5.41, 5.74) is 1.93. The summed E-state index contributed by atoms with van der Waals surface area (Å²) in [7, 11) is 0. The van der Waals surface area contributed by atoms with Gasteiger partial charge in [0, 0.05) is 37.3 Å². The van der Waals surface area contributed by atoms with Crippen LogP contribution >= 0.6 is 22.9 Å². The molecule has 172 valence electrons. The number of aromatic nitrogens is 3. The first-order chi connectivity index (χ1) is 16.0. The molecule has 0 spiro atoms. The van der Waals surface area contributed by atoms with Crippen molar-refractivity contribution in [2.75, 3.05) is 41.8 Å². The van der Waals surface area contributed by atoms with E-state index in [0.717, 1.165) is 16.9 Å². The summed E-state index contributed by atoms with van der Waals surface area (Å²) in [5.74, 6) is -0.263. The quantitative estimate of drug-likeness (QED) is 0.520. The zero-order valence-corrected chi connectivity index (χ0v) is 19.3. The largest absolute Gasteiger partial charge is 0.464 e. The number of carbonyl (C=O) groups is 2. The Morgan fingerprint density at radius 2 is 1.94 bits per heavy atom. The maximum atomic E-state index is 13.0. The Balaban J connectivity index is 1.46. The van der Waals surface area contributed by atoms with Gasteiger partial charge in [0.25, 0.3) is 11.1 Å². The number of nitrogens with one attached hydrogen (secondary N) is 2. The second-order valence-corrected chi connectivity index (χ2v) is 8.49. The third kappa shape index (κ3) is 6.15. The Labute approximate surface area is 198 Å². The summed E-state index contributed by atoms with van der Waals surface area (Å²) >= 11 is 7.01. The predicted octanol–water partition coefficient (Wildman–Crippen LogP) is 3.21. The smallest absolute Gasteiger partial charge is 0.296 e. The van der Waals surface area contributed by atoms with Crippen LogP contribution < -0.4 is 20.3 Å². The summed E-state index contributed by atoms with van der Waals surface area (Å²) in [6.45, 7) is 4.03. The van der Waals surface area contributed by atoms with Gasteiger partial charge < -0.3 is 19.7 Å². The molecule has 0 unspecified atom stereocenters. The number of morpholine rings is 1. The third-order valence-electron chi connectivity index (χ3n) is 4.69. The Bertz CT molecular complexity index is 1130. The fourth-order valence-corrected chi connectivity index (χ4v) is 3.86. The maximum Gasteiger partial charge on any atom is 0.296 e. The number of halogens is 1. The van der Waals surface area contributed by atoms with Crippen LogP contribution in [0.4, 0.5) is 16.6 Å². The topological polar surface area (TPSA) is 119 Å². The maximum absolute atomic E-state index is 13.0. The first-order valence-corrected chi connectivity index (χ1v) is 11.3. The fourth-order valence-electron chi connectivity index (χ4n) is 3.14. The summed E-state index contributed by atoms with van der Waals surface area (Å²) in [6.07, 6.45) is 1.43. The molecule has 3 aromatic rings. The molecular formula is C21H21ClN6O4S. The number of nitrogens with zero attached hydrogens (tertiary/aromatic N) is 4. The van der Waals surface area contributed by atoms with Gasteiger partial charge in [-0.15, -0.1) is 5.10 Å². The molecule has 0 saturated carbocycles. The van der Waals surface area contributed by atoms with E-state index in [1.165, 1.54) is 13.1 Å².